The van der Waals surface area contributed by atoms with E-state index in [-0.39, 0.29) is 0 Å². The minimum Gasteiger partial charge on any atom is -0.172 e. The molecule has 374 valence electrons. The van der Waals surface area contributed by atoms with Crippen LogP contribution >= 0.6 is 11.7 Å². The van der Waals surface area contributed by atoms with Crippen molar-refractivity contribution in [3.63, 3.8) is 0 Å². The van der Waals surface area contributed by atoms with E-state index in [0.29, 0.717) is 0 Å². The average molecular weight is 1040 g/mol. The lowest BCUT2D eigenvalue weighted by atomic mass is 9.76. The predicted molar refractivity (Wildman–Crippen MR) is 342 cm³/mol. The Hall–Kier alpha value is -10.3. The Morgan fingerprint density at radius 2 is 0.420 bits per heavy atom. The molecule has 15 aromatic rings. The molecule has 3 heteroatoms. The van der Waals surface area contributed by atoms with Crippen molar-refractivity contribution in [3.05, 3.63) is 279 Å². The maximum Gasteiger partial charge on any atom is 0.113 e. The number of fused-ring (bicyclic) bond motifs is 8. The standard InChI is InChI=1S/C78H46N2S/c1-7-23-47(24-8-1)65-57-35-19-20-36-58(57)66(48-25-9-2-10-26-48)74-63-45-41-53(55-37-21-39-61(71(55)63)73(65)74)59-43-44-60(78-77(59)79-81-80-78)54-42-46-64-72-56(54)38-22-40-62(72)75-69(51-31-15-5-16-32-51)67(49-27-11-3-12-28-49)68(50-29-13-4-14-30-50)70(76(64)75)52-33-17-6-18-34-52/h1-46H. The Bertz CT molecular complexity index is 4840. The first-order valence-electron chi connectivity index (χ1n) is 27.8. The quantitative estimate of drug-likeness (QED) is 0.152. The summed E-state index contributed by atoms with van der Waals surface area (Å²) < 4.78 is 10.4. The molecule has 0 bridgehead atoms. The number of rotatable bonds is 8. The second kappa shape index (κ2) is 18.1. The molecule has 2 nitrogen and oxygen atoms in total. The third-order valence-electron chi connectivity index (χ3n) is 17.2. The van der Waals surface area contributed by atoms with E-state index in [9.17, 15) is 0 Å². The fourth-order valence-electron chi connectivity index (χ4n) is 14.1. The summed E-state index contributed by atoms with van der Waals surface area (Å²) in [5.74, 6) is 0. The largest absolute Gasteiger partial charge is 0.172 e. The van der Waals surface area contributed by atoms with Crippen molar-refractivity contribution >= 4 is 55.1 Å². The minimum atomic E-state index is 0.914. The molecule has 0 aliphatic heterocycles. The molecule has 0 unspecified atom stereocenters. The lowest BCUT2D eigenvalue weighted by Gasteiger charge is -2.26. The molecular weight excluding hydrogens is 997 g/mol. The fourth-order valence-corrected chi connectivity index (χ4v) is 14.6. The van der Waals surface area contributed by atoms with Gasteiger partial charge in [0.2, 0.25) is 0 Å². The summed E-state index contributed by atoms with van der Waals surface area (Å²) in [5.41, 5.74) is 31.1. The van der Waals surface area contributed by atoms with E-state index >= 15 is 0 Å². The van der Waals surface area contributed by atoms with Gasteiger partial charge in [-0.3, -0.25) is 0 Å². The van der Waals surface area contributed by atoms with Crippen molar-refractivity contribution < 1.29 is 0 Å². The Kier molecular flexibility index (Phi) is 10.2. The first-order chi connectivity index (χ1) is 40.3. The summed E-state index contributed by atoms with van der Waals surface area (Å²) in [4.78, 5) is 0. The van der Waals surface area contributed by atoms with E-state index in [1.807, 2.05) is 0 Å². The highest BCUT2D eigenvalue weighted by Gasteiger charge is 2.36. The zero-order valence-electron chi connectivity index (χ0n) is 43.9. The van der Waals surface area contributed by atoms with Gasteiger partial charge in [0.15, 0.2) is 0 Å². The molecule has 1 heterocycles. The summed E-state index contributed by atoms with van der Waals surface area (Å²) in [7, 11) is 0. The van der Waals surface area contributed by atoms with Crippen molar-refractivity contribution in [2.75, 3.05) is 0 Å². The van der Waals surface area contributed by atoms with E-state index in [1.54, 1.807) is 0 Å². The number of hydrogen-bond donors (Lipinski definition) is 0. The summed E-state index contributed by atoms with van der Waals surface area (Å²) in [5, 5.41) is 7.45. The number of hydrogen-bond acceptors (Lipinski definition) is 3. The Balaban J connectivity index is 0.890. The van der Waals surface area contributed by atoms with Crippen molar-refractivity contribution in [1.29, 1.82) is 0 Å². The Labute approximate surface area is 473 Å². The highest BCUT2D eigenvalue weighted by Crippen LogP contribution is 2.63. The number of aromatic nitrogens is 2. The summed E-state index contributed by atoms with van der Waals surface area (Å²) in [6.45, 7) is 0. The van der Waals surface area contributed by atoms with Crippen LogP contribution in [0, 0.1) is 0 Å². The van der Waals surface area contributed by atoms with Crippen LogP contribution in [0.3, 0.4) is 0 Å². The molecule has 0 saturated carbocycles. The average Bonchev–Trinajstić information content (AvgIpc) is 3.55. The minimum absolute atomic E-state index is 0.914. The summed E-state index contributed by atoms with van der Waals surface area (Å²) >= 11 is 1.30. The normalized spacial score (nSPS) is 12.0. The molecule has 0 atom stereocenters. The van der Waals surface area contributed by atoms with E-state index in [2.05, 4.69) is 279 Å². The zero-order valence-corrected chi connectivity index (χ0v) is 44.7. The molecule has 0 radical (unpaired) electrons. The van der Waals surface area contributed by atoms with Gasteiger partial charge < -0.3 is 0 Å². The Morgan fingerprint density at radius 1 is 0.173 bits per heavy atom. The first kappa shape index (κ1) is 45.7. The van der Waals surface area contributed by atoms with Gasteiger partial charge in [0.05, 0.1) is 11.7 Å². The fraction of sp³-hybridized carbons (Fsp3) is 0. The van der Waals surface area contributed by atoms with E-state index < -0.39 is 0 Å². The van der Waals surface area contributed by atoms with Gasteiger partial charge in [-0.15, -0.1) is 0 Å². The molecule has 14 aromatic carbocycles. The van der Waals surface area contributed by atoms with Gasteiger partial charge in [-0.05, 0) is 155 Å². The topological polar surface area (TPSA) is 25.8 Å². The van der Waals surface area contributed by atoms with Crippen LogP contribution in [0.2, 0.25) is 0 Å². The van der Waals surface area contributed by atoms with Crippen LogP contribution in [0.4, 0.5) is 0 Å². The highest BCUT2D eigenvalue weighted by atomic mass is 32.1. The second-order valence-corrected chi connectivity index (χ2v) is 21.9. The Morgan fingerprint density at radius 3 is 0.765 bits per heavy atom. The maximum absolute atomic E-state index is 5.20. The summed E-state index contributed by atoms with van der Waals surface area (Å²) in [6, 6.07) is 103. The molecule has 2 aliphatic carbocycles. The van der Waals surface area contributed by atoms with E-state index in [1.165, 1.54) is 155 Å². The van der Waals surface area contributed by atoms with Crippen LogP contribution in [0.5, 0.6) is 0 Å². The molecule has 2 aliphatic rings. The molecule has 17 rings (SSSR count). The molecule has 0 fully saturated rings. The van der Waals surface area contributed by atoms with Crippen LogP contribution < -0.4 is 0 Å². The predicted octanol–water partition coefficient (Wildman–Crippen LogP) is 21.8. The van der Waals surface area contributed by atoms with Gasteiger partial charge in [-0.25, -0.2) is 0 Å². The zero-order chi connectivity index (χ0) is 53.1. The van der Waals surface area contributed by atoms with Gasteiger partial charge >= 0.3 is 0 Å². The van der Waals surface area contributed by atoms with Gasteiger partial charge in [0.1, 0.15) is 11.0 Å². The van der Waals surface area contributed by atoms with Crippen LogP contribution in [-0.4, -0.2) is 8.75 Å². The molecule has 81 heavy (non-hydrogen) atoms. The van der Waals surface area contributed by atoms with Gasteiger partial charge in [-0.2, -0.15) is 8.75 Å². The van der Waals surface area contributed by atoms with Crippen molar-refractivity contribution in [3.8, 4) is 134 Å². The van der Waals surface area contributed by atoms with Crippen molar-refractivity contribution in [2.45, 2.75) is 0 Å². The monoisotopic (exact) mass is 1040 g/mol. The smallest absolute Gasteiger partial charge is 0.113 e. The third-order valence-corrected chi connectivity index (χ3v) is 17.8. The number of nitrogens with zero attached hydrogens (tertiary/aromatic N) is 2. The molecule has 0 spiro atoms. The number of benzene rings is 14. The van der Waals surface area contributed by atoms with Gasteiger partial charge in [-0.1, -0.05) is 279 Å². The maximum atomic E-state index is 5.20. The molecule has 0 amide bonds. The van der Waals surface area contributed by atoms with Crippen LogP contribution in [0.25, 0.3) is 177 Å². The highest BCUT2D eigenvalue weighted by molar-refractivity contribution is 7.00. The van der Waals surface area contributed by atoms with Gasteiger partial charge in [0, 0.05) is 11.1 Å². The third kappa shape index (κ3) is 6.74. The van der Waals surface area contributed by atoms with Crippen molar-refractivity contribution in [2.24, 2.45) is 0 Å². The van der Waals surface area contributed by atoms with Gasteiger partial charge in [0.25, 0.3) is 0 Å². The summed E-state index contributed by atoms with van der Waals surface area (Å²) in [6.07, 6.45) is 0. The molecule has 0 N–H and O–H groups in total. The SMILES string of the molecule is c1ccc(-c2c(-c3ccccc3)c(-c3ccccc3)c3c(c2-c2ccccc2)-c2cccc4c(-c5ccc(-c6ccc7c8c(cccc68)-c6c-7c(-c7ccccc7)c7ccccc7c6-c6ccccc6)c6nsnc56)ccc-3c24)cc1. The van der Waals surface area contributed by atoms with Crippen LogP contribution in [-0.2, 0) is 0 Å². The van der Waals surface area contributed by atoms with Crippen LogP contribution in [0.1, 0.15) is 0 Å². The molecule has 1 aromatic heterocycles. The lowest BCUT2D eigenvalue weighted by Crippen LogP contribution is -1.99. The van der Waals surface area contributed by atoms with E-state index in [4.69, 9.17) is 8.75 Å². The molecule has 0 saturated heterocycles. The first-order valence-corrected chi connectivity index (χ1v) is 28.6. The lowest BCUT2D eigenvalue weighted by molar-refractivity contribution is 1.54. The van der Waals surface area contributed by atoms with Crippen molar-refractivity contribution in [1.82, 2.24) is 8.75 Å². The second-order valence-electron chi connectivity index (χ2n) is 21.4. The van der Waals surface area contributed by atoms with E-state index in [0.717, 1.165) is 33.3 Å². The molecular formula is C78H46N2S. The van der Waals surface area contributed by atoms with Crippen LogP contribution in [0.15, 0.2) is 279 Å².